The molecule has 0 fully saturated rings. The van der Waals surface area contributed by atoms with E-state index in [0.29, 0.717) is 0 Å². The second-order valence-electron chi connectivity index (χ2n) is 5.51. The molecule has 1 atom stereocenters. The van der Waals surface area contributed by atoms with Gasteiger partial charge in [-0.3, -0.25) is 0 Å². The van der Waals surface area contributed by atoms with Gasteiger partial charge in [-0.25, -0.2) is 18.0 Å². The molecule has 0 saturated carbocycles. The smallest absolute Gasteiger partial charge is 0.408 e. The summed E-state index contributed by atoms with van der Waals surface area (Å²) in [5.74, 6) is -0.618. The SMILES string of the molecule is COC(=O)[C@H](CN/C(C)=N\S(C)(=O)=O)NC(=O)OC(C)(C)C. The van der Waals surface area contributed by atoms with Crippen LogP contribution in [-0.4, -0.2) is 57.9 Å². The lowest BCUT2D eigenvalue weighted by Crippen LogP contribution is -2.50. The predicted octanol–water partition coefficient (Wildman–Crippen LogP) is 0.0203. The summed E-state index contributed by atoms with van der Waals surface area (Å²) >= 11 is 0. The van der Waals surface area contributed by atoms with E-state index in [4.69, 9.17) is 4.74 Å². The van der Waals surface area contributed by atoms with Gasteiger partial charge < -0.3 is 20.1 Å². The van der Waals surface area contributed by atoms with Crippen LogP contribution in [-0.2, 0) is 24.3 Å². The first-order valence-corrected chi connectivity index (χ1v) is 8.26. The maximum atomic E-state index is 11.7. The summed E-state index contributed by atoms with van der Waals surface area (Å²) in [6.45, 7) is 6.36. The van der Waals surface area contributed by atoms with Crippen LogP contribution in [0.3, 0.4) is 0 Å². The molecule has 0 radical (unpaired) electrons. The van der Waals surface area contributed by atoms with Gasteiger partial charge in [0.2, 0.25) is 0 Å². The van der Waals surface area contributed by atoms with E-state index in [1.54, 1.807) is 20.8 Å². The van der Waals surface area contributed by atoms with Gasteiger partial charge in [-0.2, -0.15) is 4.40 Å². The quantitative estimate of drug-likeness (QED) is 0.412. The van der Waals surface area contributed by atoms with Crippen LogP contribution in [0.4, 0.5) is 4.79 Å². The molecule has 0 aromatic rings. The van der Waals surface area contributed by atoms with Crippen molar-refractivity contribution in [3.05, 3.63) is 0 Å². The van der Waals surface area contributed by atoms with Gasteiger partial charge in [0.05, 0.1) is 13.4 Å². The van der Waals surface area contributed by atoms with Crippen molar-refractivity contribution in [1.82, 2.24) is 10.6 Å². The number of ether oxygens (including phenoxy) is 2. The van der Waals surface area contributed by atoms with Crippen LogP contribution >= 0.6 is 0 Å². The first-order chi connectivity index (χ1) is 9.84. The minimum atomic E-state index is -3.55. The zero-order chi connectivity index (χ0) is 17.6. The van der Waals surface area contributed by atoms with Crippen LogP contribution in [0.25, 0.3) is 0 Å². The molecule has 2 N–H and O–H groups in total. The lowest BCUT2D eigenvalue weighted by molar-refractivity contribution is -0.142. The number of alkyl carbamates (subject to hydrolysis) is 1. The van der Waals surface area contributed by atoms with Crippen molar-refractivity contribution in [3.63, 3.8) is 0 Å². The molecule has 0 aromatic heterocycles. The molecule has 9 nitrogen and oxygen atoms in total. The third kappa shape index (κ3) is 9.97. The average Bonchev–Trinajstić information content (AvgIpc) is 2.28. The molecule has 22 heavy (non-hydrogen) atoms. The third-order valence-electron chi connectivity index (χ3n) is 2.04. The van der Waals surface area contributed by atoms with Crippen molar-refractivity contribution in [2.75, 3.05) is 19.9 Å². The predicted molar refractivity (Wildman–Crippen MR) is 81.1 cm³/mol. The van der Waals surface area contributed by atoms with E-state index >= 15 is 0 Å². The van der Waals surface area contributed by atoms with E-state index in [9.17, 15) is 18.0 Å². The largest absolute Gasteiger partial charge is 0.467 e. The molecule has 0 aliphatic carbocycles. The summed E-state index contributed by atoms with van der Waals surface area (Å²) in [5.41, 5.74) is -0.716. The molecule has 0 aromatic carbocycles. The van der Waals surface area contributed by atoms with Gasteiger partial charge in [0, 0.05) is 6.54 Å². The fourth-order valence-corrected chi connectivity index (χ4v) is 1.88. The van der Waals surface area contributed by atoms with Gasteiger partial charge in [-0.05, 0) is 27.7 Å². The summed E-state index contributed by atoms with van der Waals surface area (Å²) < 4.78 is 35.0. The van der Waals surface area contributed by atoms with Crippen molar-refractivity contribution in [3.8, 4) is 0 Å². The van der Waals surface area contributed by atoms with Gasteiger partial charge in [-0.1, -0.05) is 0 Å². The van der Waals surface area contributed by atoms with Gasteiger partial charge >= 0.3 is 12.1 Å². The fourth-order valence-electron chi connectivity index (χ4n) is 1.32. The van der Waals surface area contributed by atoms with Crippen molar-refractivity contribution >= 4 is 27.9 Å². The van der Waals surface area contributed by atoms with Crippen LogP contribution in [0.5, 0.6) is 0 Å². The molecule has 0 rings (SSSR count). The summed E-state index contributed by atoms with van der Waals surface area (Å²) in [7, 11) is -2.38. The number of esters is 1. The van der Waals surface area contributed by atoms with Crippen LogP contribution in [0.1, 0.15) is 27.7 Å². The normalized spacial score (nSPS) is 14.0. The topological polar surface area (TPSA) is 123 Å². The van der Waals surface area contributed by atoms with Crippen LogP contribution in [0.15, 0.2) is 4.40 Å². The molecule has 10 heteroatoms. The molecular formula is C12H23N3O6S. The monoisotopic (exact) mass is 337 g/mol. The summed E-state index contributed by atoms with van der Waals surface area (Å²) in [6, 6.07) is -1.05. The van der Waals surface area contributed by atoms with Crippen LogP contribution in [0.2, 0.25) is 0 Å². The number of nitrogens with zero attached hydrogens (tertiary/aromatic N) is 1. The number of amides is 1. The molecular weight excluding hydrogens is 314 g/mol. The van der Waals surface area contributed by atoms with E-state index in [1.165, 1.54) is 14.0 Å². The van der Waals surface area contributed by atoms with E-state index in [2.05, 4.69) is 19.8 Å². The molecule has 1 amide bonds. The first-order valence-electron chi connectivity index (χ1n) is 6.42. The van der Waals surface area contributed by atoms with Gasteiger partial charge in [-0.15, -0.1) is 0 Å². The van der Waals surface area contributed by atoms with E-state index in [-0.39, 0.29) is 12.4 Å². The Morgan fingerprint density at radius 3 is 2.23 bits per heavy atom. The Morgan fingerprint density at radius 1 is 1.27 bits per heavy atom. The molecule has 128 valence electrons. The second-order valence-corrected chi connectivity index (χ2v) is 7.16. The van der Waals surface area contributed by atoms with Gasteiger partial charge in [0.15, 0.2) is 0 Å². The maximum Gasteiger partial charge on any atom is 0.408 e. The molecule has 0 spiro atoms. The molecule has 0 bridgehead atoms. The molecule has 0 heterocycles. The number of sulfonamides is 1. The zero-order valence-electron chi connectivity index (χ0n) is 13.6. The van der Waals surface area contributed by atoms with E-state index in [0.717, 1.165) is 6.26 Å². The summed E-state index contributed by atoms with van der Waals surface area (Å²) in [4.78, 5) is 23.3. The highest BCUT2D eigenvalue weighted by molar-refractivity contribution is 7.89. The first kappa shape index (κ1) is 20.2. The fraction of sp³-hybridized carbons (Fsp3) is 0.750. The molecule has 0 unspecified atom stereocenters. The maximum absolute atomic E-state index is 11.7. The van der Waals surface area contributed by atoms with Gasteiger partial charge in [0.1, 0.15) is 17.5 Å². The lowest BCUT2D eigenvalue weighted by Gasteiger charge is -2.22. The minimum Gasteiger partial charge on any atom is -0.467 e. The lowest BCUT2D eigenvalue weighted by atomic mass is 10.2. The Kier molecular flexibility index (Phi) is 7.30. The second kappa shape index (κ2) is 7.97. The van der Waals surface area contributed by atoms with Crippen molar-refractivity contribution in [2.45, 2.75) is 39.3 Å². The Bertz CT molecular complexity index is 536. The number of carbonyl (C=O) groups excluding carboxylic acids is 2. The molecule has 0 saturated heterocycles. The standard InChI is InChI=1S/C12H23N3O6S/c1-8(15-22(6,18)19)13-7-9(10(16)20-5)14-11(17)21-12(2,3)4/h9H,7H2,1-6H3,(H,13,15)(H,14,17)/t9-/m0/s1. The summed E-state index contributed by atoms with van der Waals surface area (Å²) in [5, 5.41) is 4.96. The summed E-state index contributed by atoms with van der Waals surface area (Å²) in [6.07, 6.45) is 0.150. The zero-order valence-corrected chi connectivity index (χ0v) is 14.4. The Hall–Kier alpha value is -1.84. The van der Waals surface area contributed by atoms with Gasteiger partial charge in [0.25, 0.3) is 10.0 Å². The number of rotatable bonds is 5. The Balaban J connectivity index is 4.78. The van der Waals surface area contributed by atoms with Crippen LogP contribution < -0.4 is 10.6 Å². The van der Waals surface area contributed by atoms with Crippen molar-refractivity contribution in [1.29, 1.82) is 0 Å². The molecule has 0 aliphatic rings. The highest BCUT2D eigenvalue weighted by Crippen LogP contribution is 2.06. The molecule has 0 aliphatic heterocycles. The van der Waals surface area contributed by atoms with E-state index in [1.807, 2.05) is 0 Å². The van der Waals surface area contributed by atoms with Crippen molar-refractivity contribution < 1.29 is 27.5 Å². The number of nitrogens with one attached hydrogen (secondary N) is 2. The minimum absolute atomic E-state index is 0.0855. The average molecular weight is 337 g/mol. The number of carbonyl (C=O) groups is 2. The number of hydrogen-bond acceptors (Lipinski definition) is 6. The highest BCUT2D eigenvalue weighted by atomic mass is 32.2. The number of methoxy groups -OCH3 is 1. The Morgan fingerprint density at radius 2 is 1.82 bits per heavy atom. The number of hydrogen-bond donors (Lipinski definition) is 2. The Labute approximate surface area is 130 Å². The number of amidine groups is 1. The van der Waals surface area contributed by atoms with Crippen molar-refractivity contribution in [2.24, 2.45) is 4.40 Å². The van der Waals surface area contributed by atoms with E-state index < -0.39 is 33.7 Å². The highest BCUT2D eigenvalue weighted by Gasteiger charge is 2.25. The third-order valence-corrected chi connectivity index (χ3v) is 2.65. The van der Waals surface area contributed by atoms with Crippen LogP contribution in [0, 0.1) is 0 Å².